The average molecular weight is 191 g/mol. The van der Waals surface area contributed by atoms with E-state index in [0.29, 0.717) is 5.41 Å². The highest BCUT2D eigenvalue weighted by atomic mass is 19.1. The van der Waals surface area contributed by atoms with E-state index in [4.69, 9.17) is 0 Å². The molecule has 1 N–H and O–H groups in total. The van der Waals surface area contributed by atoms with Gasteiger partial charge in [0.15, 0.2) is 0 Å². The van der Waals surface area contributed by atoms with Crippen LogP contribution in [0.25, 0.3) is 0 Å². The maximum atomic E-state index is 12.5. The number of hydrogen-bond donors (Lipinski definition) is 1. The van der Waals surface area contributed by atoms with E-state index in [1.165, 1.54) is 24.0 Å². The minimum Gasteiger partial charge on any atom is -0.312 e. The summed E-state index contributed by atoms with van der Waals surface area (Å²) in [4.78, 5) is 0. The van der Waals surface area contributed by atoms with Crippen molar-refractivity contribution in [3.05, 3.63) is 34.9 Å². The lowest BCUT2D eigenvalue weighted by Crippen LogP contribution is -2.33. The van der Waals surface area contributed by atoms with E-state index in [0.717, 1.165) is 18.7 Å². The standard InChI is InChI=1S/C12H14FN/c13-6-9-1-2-11-10(5-9)7-14-8-12(11)3-4-12/h1-2,5,14H,3-4,6-8H2. The van der Waals surface area contributed by atoms with Crippen molar-refractivity contribution >= 4 is 0 Å². The Morgan fingerprint density at radius 1 is 1.36 bits per heavy atom. The van der Waals surface area contributed by atoms with Gasteiger partial charge in [0.2, 0.25) is 0 Å². The largest absolute Gasteiger partial charge is 0.312 e. The smallest absolute Gasteiger partial charge is 0.115 e. The minimum atomic E-state index is -0.347. The highest BCUT2D eigenvalue weighted by Crippen LogP contribution is 2.50. The van der Waals surface area contributed by atoms with Crippen LogP contribution in [0.4, 0.5) is 4.39 Å². The minimum absolute atomic E-state index is 0.347. The molecule has 1 aromatic carbocycles. The van der Waals surface area contributed by atoms with Crippen LogP contribution in [0.15, 0.2) is 18.2 Å². The number of halogens is 1. The van der Waals surface area contributed by atoms with Crippen molar-refractivity contribution in [1.82, 2.24) is 5.32 Å². The second-order valence-electron chi connectivity index (χ2n) is 4.51. The molecule has 1 saturated carbocycles. The first-order valence-electron chi connectivity index (χ1n) is 5.23. The average Bonchev–Trinajstić information content (AvgIpc) is 2.99. The van der Waals surface area contributed by atoms with Crippen LogP contribution in [-0.4, -0.2) is 6.54 Å². The van der Waals surface area contributed by atoms with Crippen LogP contribution in [-0.2, 0) is 18.6 Å². The number of rotatable bonds is 1. The maximum Gasteiger partial charge on any atom is 0.115 e. The van der Waals surface area contributed by atoms with Gasteiger partial charge in [-0.25, -0.2) is 4.39 Å². The molecule has 0 saturated heterocycles. The first-order chi connectivity index (χ1) is 6.84. The molecular weight excluding hydrogens is 177 g/mol. The quantitative estimate of drug-likeness (QED) is 0.718. The molecule has 1 aromatic rings. The molecule has 1 aliphatic carbocycles. The Morgan fingerprint density at radius 3 is 2.93 bits per heavy atom. The van der Waals surface area contributed by atoms with Gasteiger partial charge in [0.1, 0.15) is 6.67 Å². The van der Waals surface area contributed by atoms with Gasteiger partial charge in [-0.15, -0.1) is 0 Å². The molecule has 2 heteroatoms. The Morgan fingerprint density at radius 2 is 2.21 bits per heavy atom. The lowest BCUT2D eigenvalue weighted by molar-refractivity contribution is 0.482. The zero-order valence-corrected chi connectivity index (χ0v) is 8.15. The topological polar surface area (TPSA) is 12.0 Å². The molecule has 0 amide bonds. The predicted molar refractivity (Wildman–Crippen MR) is 53.9 cm³/mol. The van der Waals surface area contributed by atoms with E-state index in [-0.39, 0.29) is 6.67 Å². The van der Waals surface area contributed by atoms with Crippen LogP contribution in [0, 0.1) is 0 Å². The Kier molecular flexibility index (Phi) is 1.68. The second kappa shape index (κ2) is 2.80. The number of alkyl halides is 1. The number of hydrogen-bond acceptors (Lipinski definition) is 1. The van der Waals surface area contributed by atoms with Crippen LogP contribution in [0.3, 0.4) is 0 Å². The van der Waals surface area contributed by atoms with Gasteiger partial charge in [0, 0.05) is 18.5 Å². The third-order valence-corrected chi connectivity index (χ3v) is 3.53. The third-order valence-electron chi connectivity index (χ3n) is 3.53. The van der Waals surface area contributed by atoms with Gasteiger partial charge < -0.3 is 5.32 Å². The summed E-state index contributed by atoms with van der Waals surface area (Å²) < 4.78 is 12.5. The number of nitrogens with one attached hydrogen (secondary N) is 1. The molecule has 74 valence electrons. The van der Waals surface area contributed by atoms with Crippen LogP contribution < -0.4 is 5.32 Å². The second-order valence-corrected chi connectivity index (χ2v) is 4.51. The first-order valence-corrected chi connectivity index (χ1v) is 5.23. The van der Waals surface area contributed by atoms with Crippen molar-refractivity contribution in [2.24, 2.45) is 0 Å². The Bertz CT molecular complexity index is 369. The fraction of sp³-hybridized carbons (Fsp3) is 0.500. The van der Waals surface area contributed by atoms with E-state index in [1.54, 1.807) is 0 Å². The fourth-order valence-electron chi connectivity index (χ4n) is 2.52. The summed E-state index contributed by atoms with van der Waals surface area (Å²) in [5.74, 6) is 0. The Balaban J connectivity index is 2.07. The first kappa shape index (κ1) is 8.42. The number of fused-ring (bicyclic) bond motifs is 2. The van der Waals surface area contributed by atoms with E-state index >= 15 is 0 Å². The highest BCUT2D eigenvalue weighted by molar-refractivity contribution is 5.43. The molecule has 1 aliphatic heterocycles. The SMILES string of the molecule is FCc1ccc2c(c1)CNCC21CC1. The molecule has 0 bridgehead atoms. The molecule has 1 spiro atoms. The monoisotopic (exact) mass is 191 g/mol. The van der Waals surface area contributed by atoms with Gasteiger partial charge in [-0.1, -0.05) is 18.2 Å². The summed E-state index contributed by atoms with van der Waals surface area (Å²) in [6.45, 7) is 1.67. The maximum absolute atomic E-state index is 12.5. The van der Waals surface area contributed by atoms with Crippen LogP contribution in [0.1, 0.15) is 29.5 Å². The van der Waals surface area contributed by atoms with Crippen molar-refractivity contribution in [2.45, 2.75) is 31.5 Å². The van der Waals surface area contributed by atoms with Crippen LogP contribution in [0.5, 0.6) is 0 Å². The summed E-state index contributed by atoms with van der Waals surface area (Å²) in [6.07, 6.45) is 2.59. The zero-order chi connectivity index (χ0) is 9.60. The lowest BCUT2D eigenvalue weighted by Gasteiger charge is -2.26. The van der Waals surface area contributed by atoms with Crippen LogP contribution in [0.2, 0.25) is 0 Å². The molecule has 0 radical (unpaired) electrons. The zero-order valence-electron chi connectivity index (χ0n) is 8.15. The van der Waals surface area contributed by atoms with Gasteiger partial charge in [-0.3, -0.25) is 0 Å². The summed E-state index contributed by atoms with van der Waals surface area (Å²) in [5, 5.41) is 3.42. The normalized spacial score (nSPS) is 22.1. The molecule has 1 nitrogen and oxygen atoms in total. The predicted octanol–water partition coefficient (Wildman–Crippen LogP) is 2.29. The summed E-state index contributed by atoms with van der Waals surface area (Å²) in [5.41, 5.74) is 4.00. The van der Waals surface area contributed by atoms with Crippen molar-refractivity contribution in [2.75, 3.05) is 6.54 Å². The Labute approximate surface area is 83.3 Å². The lowest BCUT2D eigenvalue weighted by atomic mass is 9.87. The summed E-state index contributed by atoms with van der Waals surface area (Å²) in [7, 11) is 0. The summed E-state index contributed by atoms with van der Waals surface area (Å²) in [6, 6.07) is 6.09. The molecule has 0 aromatic heterocycles. The third kappa shape index (κ3) is 1.10. The van der Waals surface area contributed by atoms with Crippen molar-refractivity contribution in [3.8, 4) is 0 Å². The van der Waals surface area contributed by atoms with Crippen molar-refractivity contribution in [1.29, 1.82) is 0 Å². The molecule has 3 rings (SSSR count). The summed E-state index contributed by atoms with van der Waals surface area (Å²) >= 11 is 0. The molecule has 2 aliphatic rings. The van der Waals surface area contributed by atoms with Gasteiger partial charge in [0.05, 0.1) is 0 Å². The van der Waals surface area contributed by atoms with Gasteiger partial charge in [0.25, 0.3) is 0 Å². The molecule has 0 atom stereocenters. The van der Waals surface area contributed by atoms with E-state index in [1.807, 2.05) is 12.1 Å². The fourth-order valence-corrected chi connectivity index (χ4v) is 2.52. The van der Waals surface area contributed by atoms with Crippen molar-refractivity contribution < 1.29 is 4.39 Å². The van der Waals surface area contributed by atoms with E-state index in [2.05, 4.69) is 11.4 Å². The molecule has 0 unspecified atom stereocenters. The molecule has 1 fully saturated rings. The Hall–Kier alpha value is -0.890. The van der Waals surface area contributed by atoms with Crippen LogP contribution >= 0.6 is 0 Å². The van der Waals surface area contributed by atoms with Gasteiger partial charge in [-0.05, 0) is 29.5 Å². The van der Waals surface area contributed by atoms with E-state index in [9.17, 15) is 4.39 Å². The molecular formula is C12H14FN. The van der Waals surface area contributed by atoms with Gasteiger partial charge in [-0.2, -0.15) is 0 Å². The van der Waals surface area contributed by atoms with Crippen molar-refractivity contribution in [3.63, 3.8) is 0 Å². The highest BCUT2D eigenvalue weighted by Gasteiger charge is 2.46. The number of benzene rings is 1. The van der Waals surface area contributed by atoms with E-state index < -0.39 is 0 Å². The van der Waals surface area contributed by atoms with Gasteiger partial charge >= 0.3 is 0 Å². The molecule has 1 heterocycles. The molecule has 14 heavy (non-hydrogen) atoms.